The van der Waals surface area contributed by atoms with Crippen LogP contribution in [0.2, 0.25) is 0 Å². The highest BCUT2D eigenvalue weighted by Gasteiger charge is 2.42. The fourth-order valence-corrected chi connectivity index (χ4v) is 4.36. The van der Waals surface area contributed by atoms with E-state index in [9.17, 15) is 9.59 Å². The predicted molar refractivity (Wildman–Crippen MR) is 120 cm³/mol. The Hall–Kier alpha value is -2.44. The summed E-state index contributed by atoms with van der Waals surface area (Å²) < 4.78 is 12.5. The van der Waals surface area contributed by atoms with E-state index >= 15 is 0 Å². The van der Waals surface area contributed by atoms with Crippen LogP contribution in [0.15, 0.2) is 56.1 Å². The topological polar surface area (TPSA) is 59.8 Å². The monoisotopic (exact) mass is 469 g/mol. The average Bonchev–Trinajstić information content (AvgIpc) is 2.98. The number of nitrogens with zero attached hydrogens (tertiary/aromatic N) is 1. The molecule has 5 nitrogen and oxygen atoms in total. The van der Waals surface area contributed by atoms with Gasteiger partial charge in [0.15, 0.2) is 5.43 Å². The molecule has 0 bridgehead atoms. The van der Waals surface area contributed by atoms with Crippen LogP contribution < -0.4 is 5.43 Å². The average molecular weight is 470 g/mol. The standard InChI is InChI=1S/C24H24BrNO4/c1-14(2)29-11-5-10-26-21(16-6-4-7-17(25)13-16)20-22(27)18-12-15(3)8-9-19(18)30-23(20)24(26)28/h4,6-9,12-14,21H,5,10-11H2,1-3H3/t21-/m1/s1. The van der Waals surface area contributed by atoms with Gasteiger partial charge in [-0.2, -0.15) is 0 Å². The molecule has 0 radical (unpaired) electrons. The molecular formula is C24H24BrNO4. The summed E-state index contributed by atoms with van der Waals surface area (Å²) in [5.74, 6) is -0.106. The SMILES string of the molecule is Cc1ccc2oc3c(c(=O)c2c1)[C@@H](c1cccc(Br)c1)N(CCCOC(C)C)C3=O. The maximum atomic E-state index is 13.5. The second-order valence-corrected chi connectivity index (χ2v) is 8.82. The number of carbonyl (C=O) groups excluding carboxylic acids is 1. The normalized spacial score (nSPS) is 16.0. The summed E-state index contributed by atoms with van der Waals surface area (Å²) in [6.45, 7) is 6.92. The van der Waals surface area contributed by atoms with Gasteiger partial charge in [0.05, 0.1) is 23.1 Å². The van der Waals surface area contributed by atoms with Crippen LogP contribution in [0.1, 0.15) is 53.6 Å². The highest BCUT2D eigenvalue weighted by atomic mass is 79.9. The summed E-state index contributed by atoms with van der Waals surface area (Å²) in [7, 11) is 0. The van der Waals surface area contributed by atoms with Crippen LogP contribution in [0.5, 0.6) is 0 Å². The number of rotatable bonds is 6. The Morgan fingerprint density at radius 2 is 1.97 bits per heavy atom. The predicted octanol–water partition coefficient (Wildman–Crippen LogP) is 5.22. The summed E-state index contributed by atoms with van der Waals surface area (Å²) in [4.78, 5) is 28.5. The zero-order valence-electron chi connectivity index (χ0n) is 17.3. The first kappa shape index (κ1) is 20.8. The van der Waals surface area contributed by atoms with Crippen LogP contribution in [-0.4, -0.2) is 30.1 Å². The first-order valence-corrected chi connectivity index (χ1v) is 10.9. The van der Waals surface area contributed by atoms with Crippen LogP contribution >= 0.6 is 15.9 Å². The summed E-state index contributed by atoms with van der Waals surface area (Å²) in [5, 5.41) is 0.506. The second kappa shape index (κ2) is 8.36. The van der Waals surface area contributed by atoms with Crippen molar-refractivity contribution in [3.8, 4) is 0 Å². The van der Waals surface area contributed by atoms with Crippen LogP contribution in [-0.2, 0) is 4.74 Å². The summed E-state index contributed by atoms with van der Waals surface area (Å²) in [5.41, 5.74) is 2.56. The molecule has 0 saturated heterocycles. The molecule has 0 N–H and O–H groups in total. The quantitative estimate of drug-likeness (QED) is 0.464. The van der Waals surface area contributed by atoms with Crippen molar-refractivity contribution in [1.82, 2.24) is 4.90 Å². The molecule has 1 aliphatic rings. The molecule has 0 unspecified atom stereocenters. The lowest BCUT2D eigenvalue weighted by Crippen LogP contribution is -2.31. The van der Waals surface area contributed by atoms with Gasteiger partial charge in [-0.1, -0.05) is 39.7 Å². The first-order chi connectivity index (χ1) is 14.4. The van der Waals surface area contributed by atoms with E-state index in [1.54, 1.807) is 11.0 Å². The van der Waals surface area contributed by atoms with E-state index in [0.717, 1.165) is 15.6 Å². The van der Waals surface area contributed by atoms with E-state index in [-0.39, 0.29) is 23.2 Å². The van der Waals surface area contributed by atoms with Gasteiger partial charge < -0.3 is 14.1 Å². The minimum Gasteiger partial charge on any atom is -0.450 e. The van der Waals surface area contributed by atoms with E-state index < -0.39 is 6.04 Å². The Labute approximate surface area is 183 Å². The molecule has 1 aromatic heterocycles. The number of aryl methyl sites for hydroxylation is 1. The van der Waals surface area contributed by atoms with E-state index in [4.69, 9.17) is 9.15 Å². The summed E-state index contributed by atoms with van der Waals surface area (Å²) in [6.07, 6.45) is 0.809. The van der Waals surface area contributed by atoms with E-state index in [1.807, 2.05) is 57.2 Å². The molecule has 1 aliphatic heterocycles. The third-order valence-corrected chi connectivity index (χ3v) is 5.77. The van der Waals surface area contributed by atoms with Gasteiger partial charge in [-0.05, 0) is 57.0 Å². The lowest BCUT2D eigenvalue weighted by Gasteiger charge is -2.25. The zero-order valence-corrected chi connectivity index (χ0v) is 18.9. The van der Waals surface area contributed by atoms with Crippen molar-refractivity contribution in [2.24, 2.45) is 0 Å². The zero-order chi connectivity index (χ0) is 21.4. The molecule has 0 aliphatic carbocycles. The van der Waals surface area contributed by atoms with Crippen molar-refractivity contribution in [3.05, 3.63) is 79.6 Å². The lowest BCUT2D eigenvalue weighted by atomic mass is 9.98. The van der Waals surface area contributed by atoms with Gasteiger partial charge in [0.25, 0.3) is 5.91 Å². The number of halogens is 1. The lowest BCUT2D eigenvalue weighted by molar-refractivity contribution is 0.0593. The Balaban J connectivity index is 1.83. The van der Waals surface area contributed by atoms with Gasteiger partial charge in [-0.3, -0.25) is 9.59 Å². The third-order valence-electron chi connectivity index (χ3n) is 5.28. The van der Waals surface area contributed by atoms with Crippen molar-refractivity contribution in [3.63, 3.8) is 0 Å². The second-order valence-electron chi connectivity index (χ2n) is 7.90. The largest absolute Gasteiger partial charge is 0.450 e. The summed E-state index contributed by atoms with van der Waals surface area (Å²) >= 11 is 3.51. The smallest absolute Gasteiger partial charge is 0.290 e. The molecular weight excluding hydrogens is 446 g/mol. The highest BCUT2D eigenvalue weighted by Crippen LogP contribution is 2.38. The fourth-order valence-electron chi connectivity index (χ4n) is 3.94. The van der Waals surface area contributed by atoms with Gasteiger partial charge in [0.2, 0.25) is 5.76 Å². The van der Waals surface area contributed by atoms with Crippen LogP contribution in [0, 0.1) is 6.92 Å². The Morgan fingerprint density at radius 3 is 2.70 bits per heavy atom. The number of carbonyl (C=O) groups is 1. The van der Waals surface area contributed by atoms with Gasteiger partial charge in [-0.25, -0.2) is 0 Å². The van der Waals surface area contributed by atoms with E-state index in [0.29, 0.717) is 36.1 Å². The van der Waals surface area contributed by atoms with Crippen LogP contribution in [0.4, 0.5) is 0 Å². The van der Waals surface area contributed by atoms with Crippen molar-refractivity contribution in [2.45, 2.75) is 39.3 Å². The molecule has 0 fully saturated rings. The number of ether oxygens (including phenoxy) is 1. The van der Waals surface area contributed by atoms with Crippen molar-refractivity contribution in [2.75, 3.05) is 13.2 Å². The molecule has 4 rings (SSSR count). The maximum absolute atomic E-state index is 13.5. The van der Waals surface area contributed by atoms with E-state index in [1.165, 1.54) is 0 Å². The molecule has 6 heteroatoms. The molecule has 1 atom stereocenters. The molecule has 2 aromatic carbocycles. The molecule has 1 amide bonds. The molecule has 156 valence electrons. The Morgan fingerprint density at radius 1 is 1.17 bits per heavy atom. The number of benzene rings is 2. The minimum atomic E-state index is -0.481. The van der Waals surface area contributed by atoms with Gasteiger partial charge in [0, 0.05) is 17.6 Å². The third kappa shape index (κ3) is 3.82. The van der Waals surface area contributed by atoms with Gasteiger partial charge in [0.1, 0.15) is 5.58 Å². The number of hydrogen-bond donors (Lipinski definition) is 0. The molecule has 0 saturated carbocycles. The Kier molecular flexibility index (Phi) is 5.80. The number of hydrogen-bond acceptors (Lipinski definition) is 4. The number of fused-ring (bicyclic) bond motifs is 2. The van der Waals surface area contributed by atoms with Crippen molar-refractivity contribution in [1.29, 1.82) is 0 Å². The number of amides is 1. The molecule has 0 spiro atoms. The molecule has 30 heavy (non-hydrogen) atoms. The highest BCUT2D eigenvalue weighted by molar-refractivity contribution is 9.10. The Bertz CT molecular complexity index is 1170. The van der Waals surface area contributed by atoms with Gasteiger partial charge in [-0.15, -0.1) is 0 Å². The van der Waals surface area contributed by atoms with Gasteiger partial charge >= 0.3 is 0 Å². The summed E-state index contributed by atoms with van der Waals surface area (Å²) in [6, 6.07) is 12.7. The van der Waals surface area contributed by atoms with Crippen LogP contribution in [0.3, 0.4) is 0 Å². The van der Waals surface area contributed by atoms with E-state index in [2.05, 4.69) is 15.9 Å². The molecule has 3 aromatic rings. The van der Waals surface area contributed by atoms with Crippen molar-refractivity contribution < 1.29 is 13.9 Å². The minimum absolute atomic E-state index is 0.133. The van der Waals surface area contributed by atoms with Crippen molar-refractivity contribution >= 4 is 32.8 Å². The maximum Gasteiger partial charge on any atom is 0.290 e. The fraction of sp³-hybridized carbons (Fsp3) is 0.333. The molecule has 2 heterocycles. The first-order valence-electron chi connectivity index (χ1n) is 10.1. The van der Waals surface area contributed by atoms with Crippen LogP contribution in [0.25, 0.3) is 11.0 Å².